The minimum atomic E-state index is -0.482. The molecule has 0 amide bonds. The van der Waals surface area contributed by atoms with E-state index in [0.29, 0.717) is 31.9 Å². The molecule has 7 heteroatoms. The number of rotatable bonds is 10. The molecule has 1 heterocycles. The fraction of sp³-hybridized carbons (Fsp3) is 0.533. The largest absolute Gasteiger partial charge is 0.461 e. The zero-order valence-corrected chi connectivity index (χ0v) is 13.0. The normalized spacial score (nSPS) is 10.5. The first kappa shape index (κ1) is 17.9. The Hall–Kier alpha value is -2.15. The quantitative estimate of drug-likeness (QED) is 0.287. The Kier molecular flexibility index (Phi) is 7.31. The summed E-state index contributed by atoms with van der Waals surface area (Å²) in [5.74, 6) is -0.390. The van der Waals surface area contributed by atoms with Crippen LogP contribution >= 0.6 is 0 Å². The van der Waals surface area contributed by atoms with Gasteiger partial charge in [0, 0.05) is 32.4 Å². The van der Waals surface area contributed by atoms with Gasteiger partial charge in [0.05, 0.1) is 11.5 Å². The number of nitrogens with zero attached hydrogens (tertiary/aromatic N) is 2. The molecule has 0 unspecified atom stereocenters. The number of hydrogen-bond acceptors (Lipinski definition) is 5. The molecule has 22 heavy (non-hydrogen) atoms. The summed E-state index contributed by atoms with van der Waals surface area (Å²) in [7, 11) is 1.61. The summed E-state index contributed by atoms with van der Waals surface area (Å²) >= 11 is 0. The van der Waals surface area contributed by atoms with Crippen LogP contribution in [-0.4, -0.2) is 35.8 Å². The first-order valence-corrected chi connectivity index (χ1v) is 7.17. The number of methoxy groups -OCH3 is 1. The molecule has 7 nitrogen and oxygen atoms in total. The van der Waals surface area contributed by atoms with E-state index in [1.165, 1.54) is 0 Å². The van der Waals surface area contributed by atoms with Crippen molar-refractivity contribution in [3.63, 3.8) is 0 Å². The highest BCUT2D eigenvalue weighted by molar-refractivity contribution is 5.88. The van der Waals surface area contributed by atoms with Crippen LogP contribution < -0.4 is 0 Å². The molecule has 0 aliphatic rings. The maximum Gasteiger partial charge on any atom is 0.354 e. The van der Waals surface area contributed by atoms with Gasteiger partial charge in [0.15, 0.2) is 0 Å². The van der Waals surface area contributed by atoms with E-state index in [2.05, 4.69) is 6.58 Å². The Morgan fingerprint density at radius 1 is 1.45 bits per heavy atom. The Morgan fingerprint density at radius 2 is 2.18 bits per heavy atom. The molecule has 0 saturated carbocycles. The van der Waals surface area contributed by atoms with E-state index in [1.807, 2.05) is 4.57 Å². The summed E-state index contributed by atoms with van der Waals surface area (Å²) in [6.45, 7) is 6.64. The van der Waals surface area contributed by atoms with E-state index in [4.69, 9.17) is 9.47 Å². The lowest BCUT2D eigenvalue weighted by molar-refractivity contribution is -0.427. The highest BCUT2D eigenvalue weighted by Crippen LogP contribution is 2.16. The van der Waals surface area contributed by atoms with Crippen LogP contribution in [0.25, 0.3) is 0 Å². The average molecular weight is 310 g/mol. The van der Waals surface area contributed by atoms with Crippen molar-refractivity contribution in [3.8, 4) is 0 Å². The number of allylic oxidation sites excluding steroid dienone is 1. The zero-order valence-electron chi connectivity index (χ0n) is 13.0. The van der Waals surface area contributed by atoms with E-state index in [1.54, 1.807) is 26.2 Å². The maximum absolute atomic E-state index is 12.0. The van der Waals surface area contributed by atoms with E-state index < -0.39 is 4.92 Å². The second kappa shape index (κ2) is 8.99. The van der Waals surface area contributed by atoms with Gasteiger partial charge in [-0.05, 0) is 38.5 Å². The molecule has 0 bridgehead atoms. The lowest BCUT2D eigenvalue weighted by atomic mass is 10.2. The van der Waals surface area contributed by atoms with Gasteiger partial charge in [-0.1, -0.05) is 0 Å². The van der Waals surface area contributed by atoms with E-state index in [0.717, 1.165) is 12.1 Å². The number of carbonyl (C=O) groups excluding carboxylic acids is 1. The van der Waals surface area contributed by atoms with Crippen molar-refractivity contribution in [2.45, 2.75) is 32.7 Å². The molecule has 0 spiro atoms. The molecular weight excluding hydrogens is 288 g/mol. The van der Waals surface area contributed by atoms with Crippen molar-refractivity contribution in [2.75, 3.05) is 20.3 Å². The Balaban J connectivity index is 2.87. The first-order valence-electron chi connectivity index (χ1n) is 7.17. The standard InChI is InChI=1S/C15H22N2O5/c1-4-22-15(18)14-9-8-13(7-6-12(2)17(19)20)16(14)10-5-11-21-3/h8-9H,2,4-7,10-11H2,1,3H3. The lowest BCUT2D eigenvalue weighted by Gasteiger charge is -2.12. The molecule has 0 radical (unpaired) electrons. The van der Waals surface area contributed by atoms with Crippen molar-refractivity contribution in [2.24, 2.45) is 0 Å². The number of hydrogen-bond donors (Lipinski definition) is 0. The van der Waals surface area contributed by atoms with Gasteiger partial charge >= 0.3 is 5.97 Å². The number of aromatic nitrogens is 1. The molecule has 0 atom stereocenters. The van der Waals surface area contributed by atoms with Gasteiger partial charge in [-0.2, -0.15) is 0 Å². The predicted octanol–water partition coefficient (Wildman–Crippen LogP) is 2.42. The smallest absolute Gasteiger partial charge is 0.354 e. The third-order valence-corrected chi connectivity index (χ3v) is 3.21. The molecule has 0 N–H and O–H groups in total. The SMILES string of the molecule is C=C(CCc1ccc(C(=O)OCC)n1CCCOC)[N+](=O)[O-]. The van der Waals surface area contributed by atoms with Gasteiger partial charge in [0.25, 0.3) is 0 Å². The number of carbonyl (C=O) groups is 1. The molecule has 1 aromatic rings. The summed E-state index contributed by atoms with van der Waals surface area (Å²) in [4.78, 5) is 22.1. The number of ether oxygens (including phenoxy) is 2. The van der Waals surface area contributed by atoms with Gasteiger partial charge in [0.2, 0.25) is 5.70 Å². The van der Waals surface area contributed by atoms with Gasteiger partial charge in [0.1, 0.15) is 5.69 Å². The molecule has 122 valence electrons. The van der Waals surface area contributed by atoms with E-state index in [9.17, 15) is 14.9 Å². The first-order chi connectivity index (χ1) is 10.5. The van der Waals surface area contributed by atoms with Gasteiger partial charge in [-0.3, -0.25) is 10.1 Å². The van der Waals surface area contributed by atoms with Crippen LogP contribution in [-0.2, 0) is 22.4 Å². The molecular formula is C15H22N2O5. The lowest BCUT2D eigenvalue weighted by Crippen LogP contribution is -2.15. The van der Waals surface area contributed by atoms with Crippen molar-refractivity contribution >= 4 is 5.97 Å². The van der Waals surface area contributed by atoms with Crippen LogP contribution in [0.2, 0.25) is 0 Å². The Morgan fingerprint density at radius 3 is 2.77 bits per heavy atom. The predicted molar refractivity (Wildman–Crippen MR) is 81.3 cm³/mol. The fourth-order valence-corrected chi connectivity index (χ4v) is 2.11. The van der Waals surface area contributed by atoms with Crippen LogP contribution in [0.3, 0.4) is 0 Å². The summed E-state index contributed by atoms with van der Waals surface area (Å²) in [6, 6.07) is 3.49. The summed E-state index contributed by atoms with van der Waals surface area (Å²) in [5.41, 5.74) is 1.27. The average Bonchev–Trinajstić information content (AvgIpc) is 2.88. The molecule has 1 aromatic heterocycles. The summed E-state index contributed by atoms with van der Waals surface area (Å²) in [5, 5.41) is 10.6. The second-order valence-corrected chi connectivity index (χ2v) is 4.75. The van der Waals surface area contributed by atoms with E-state index in [-0.39, 0.29) is 18.1 Å². The molecule has 0 fully saturated rings. The minimum absolute atomic E-state index is 0.0395. The zero-order chi connectivity index (χ0) is 16.5. The van der Waals surface area contributed by atoms with Gasteiger partial charge in [-0.25, -0.2) is 4.79 Å². The fourth-order valence-electron chi connectivity index (χ4n) is 2.11. The monoisotopic (exact) mass is 310 g/mol. The highest BCUT2D eigenvalue weighted by atomic mass is 16.6. The summed E-state index contributed by atoms with van der Waals surface area (Å²) < 4.78 is 11.9. The summed E-state index contributed by atoms with van der Waals surface area (Å²) in [6.07, 6.45) is 1.43. The van der Waals surface area contributed by atoms with Crippen molar-refractivity contribution in [1.82, 2.24) is 4.57 Å². The van der Waals surface area contributed by atoms with Gasteiger partial charge in [-0.15, -0.1) is 0 Å². The van der Waals surface area contributed by atoms with Crippen molar-refractivity contribution < 1.29 is 19.2 Å². The Labute approximate surface area is 129 Å². The topological polar surface area (TPSA) is 83.6 Å². The molecule has 0 aliphatic heterocycles. The molecule has 0 saturated heterocycles. The van der Waals surface area contributed by atoms with Crippen LogP contribution in [0.1, 0.15) is 35.9 Å². The van der Waals surface area contributed by atoms with Crippen molar-refractivity contribution in [1.29, 1.82) is 0 Å². The second-order valence-electron chi connectivity index (χ2n) is 4.75. The van der Waals surface area contributed by atoms with E-state index >= 15 is 0 Å². The molecule has 0 aliphatic carbocycles. The van der Waals surface area contributed by atoms with Crippen LogP contribution in [0.5, 0.6) is 0 Å². The Bertz CT molecular complexity index is 536. The number of nitro groups is 1. The van der Waals surface area contributed by atoms with Crippen LogP contribution in [0.4, 0.5) is 0 Å². The maximum atomic E-state index is 12.0. The third-order valence-electron chi connectivity index (χ3n) is 3.21. The van der Waals surface area contributed by atoms with Crippen LogP contribution in [0.15, 0.2) is 24.4 Å². The molecule has 0 aromatic carbocycles. The number of esters is 1. The third kappa shape index (κ3) is 5.00. The number of aryl methyl sites for hydroxylation is 1. The van der Waals surface area contributed by atoms with Gasteiger partial charge < -0.3 is 14.0 Å². The van der Waals surface area contributed by atoms with Crippen molar-refractivity contribution in [3.05, 3.63) is 45.9 Å². The molecule has 1 rings (SSSR count). The highest BCUT2D eigenvalue weighted by Gasteiger charge is 2.17. The van der Waals surface area contributed by atoms with Crippen LogP contribution in [0, 0.1) is 10.1 Å². The minimum Gasteiger partial charge on any atom is -0.461 e.